The number of esters is 1. The van der Waals surface area contributed by atoms with E-state index in [1.165, 1.54) is 18.4 Å². The monoisotopic (exact) mass is 262 g/mol. The second kappa shape index (κ2) is 5.80. The normalized spacial score (nSPS) is 13.9. The minimum Gasteiger partial charge on any atom is -0.468 e. The van der Waals surface area contributed by atoms with Crippen LogP contribution >= 0.6 is 11.3 Å². The fraction of sp³-hybridized carbons (Fsp3) is 0.214. The largest absolute Gasteiger partial charge is 0.468 e. The predicted octanol–water partition coefficient (Wildman–Crippen LogP) is 2.74. The Morgan fingerprint density at radius 1 is 1.22 bits per heavy atom. The molecule has 0 radical (unpaired) electrons. The number of benzene rings is 1. The van der Waals surface area contributed by atoms with Crippen LogP contribution in [0.1, 0.15) is 22.5 Å². The number of aliphatic hydroxyl groups is 1. The number of methoxy groups -OCH3 is 1. The highest BCUT2D eigenvalue weighted by Crippen LogP contribution is 2.34. The molecule has 2 unspecified atom stereocenters. The first-order valence-corrected chi connectivity index (χ1v) is 6.46. The lowest BCUT2D eigenvalue weighted by Gasteiger charge is -2.20. The SMILES string of the molecule is COC(=O)C(c1ccccc1)C(O)c1cccs1. The van der Waals surface area contributed by atoms with E-state index < -0.39 is 18.0 Å². The van der Waals surface area contributed by atoms with Crippen molar-refractivity contribution in [3.8, 4) is 0 Å². The Kier molecular flexibility index (Phi) is 4.12. The van der Waals surface area contributed by atoms with Crippen molar-refractivity contribution >= 4 is 17.3 Å². The van der Waals surface area contributed by atoms with Crippen LogP contribution in [0.25, 0.3) is 0 Å². The van der Waals surface area contributed by atoms with E-state index in [0.717, 1.165) is 10.4 Å². The van der Waals surface area contributed by atoms with Gasteiger partial charge in [0, 0.05) is 4.88 Å². The molecule has 0 spiro atoms. The average Bonchev–Trinajstić information content (AvgIpc) is 2.94. The molecule has 2 aromatic rings. The first kappa shape index (κ1) is 12.8. The van der Waals surface area contributed by atoms with E-state index in [9.17, 15) is 9.90 Å². The maximum atomic E-state index is 11.9. The van der Waals surface area contributed by atoms with E-state index in [4.69, 9.17) is 4.74 Å². The number of carbonyl (C=O) groups excluding carboxylic acids is 1. The molecule has 94 valence electrons. The van der Waals surface area contributed by atoms with E-state index >= 15 is 0 Å². The van der Waals surface area contributed by atoms with E-state index in [1.54, 1.807) is 0 Å². The highest BCUT2D eigenvalue weighted by atomic mass is 32.1. The fourth-order valence-electron chi connectivity index (χ4n) is 1.86. The molecule has 2 atom stereocenters. The molecule has 18 heavy (non-hydrogen) atoms. The summed E-state index contributed by atoms with van der Waals surface area (Å²) in [5.41, 5.74) is 0.755. The van der Waals surface area contributed by atoms with Gasteiger partial charge in [-0.25, -0.2) is 0 Å². The van der Waals surface area contributed by atoms with E-state index in [-0.39, 0.29) is 0 Å². The van der Waals surface area contributed by atoms with Gasteiger partial charge in [-0.15, -0.1) is 11.3 Å². The molecular formula is C14H14O3S. The molecule has 0 saturated carbocycles. The summed E-state index contributed by atoms with van der Waals surface area (Å²) in [4.78, 5) is 12.6. The Hall–Kier alpha value is -1.65. The summed E-state index contributed by atoms with van der Waals surface area (Å²) in [6, 6.07) is 12.8. The highest BCUT2D eigenvalue weighted by Gasteiger charge is 2.31. The van der Waals surface area contributed by atoms with Gasteiger partial charge < -0.3 is 9.84 Å². The number of hydrogen-bond acceptors (Lipinski definition) is 4. The van der Waals surface area contributed by atoms with Crippen molar-refractivity contribution in [1.82, 2.24) is 0 Å². The Morgan fingerprint density at radius 2 is 1.94 bits per heavy atom. The van der Waals surface area contributed by atoms with Gasteiger partial charge in [-0.1, -0.05) is 36.4 Å². The second-order valence-electron chi connectivity index (χ2n) is 3.87. The third-order valence-corrected chi connectivity index (χ3v) is 3.71. The van der Waals surface area contributed by atoms with Gasteiger partial charge in [0.1, 0.15) is 12.0 Å². The summed E-state index contributed by atoms with van der Waals surface area (Å²) in [5.74, 6) is -1.11. The number of aliphatic hydroxyl groups excluding tert-OH is 1. The van der Waals surface area contributed by atoms with Crippen molar-refractivity contribution < 1.29 is 14.6 Å². The molecule has 1 heterocycles. The first-order chi connectivity index (χ1) is 8.74. The summed E-state index contributed by atoms with van der Waals surface area (Å²) >= 11 is 1.42. The molecule has 0 saturated heterocycles. The van der Waals surface area contributed by atoms with Crippen LogP contribution in [0.4, 0.5) is 0 Å². The number of rotatable bonds is 4. The van der Waals surface area contributed by atoms with Crippen LogP contribution in [0.5, 0.6) is 0 Å². The zero-order valence-corrected chi connectivity index (χ0v) is 10.8. The van der Waals surface area contributed by atoms with Gasteiger partial charge in [-0.2, -0.15) is 0 Å². The van der Waals surface area contributed by atoms with Crippen LogP contribution in [-0.4, -0.2) is 18.2 Å². The molecule has 0 amide bonds. The topological polar surface area (TPSA) is 46.5 Å². The summed E-state index contributed by atoms with van der Waals surface area (Å²) in [7, 11) is 1.33. The summed E-state index contributed by atoms with van der Waals surface area (Å²) in [6.45, 7) is 0. The van der Waals surface area contributed by atoms with Gasteiger partial charge in [0.15, 0.2) is 0 Å². The third kappa shape index (κ3) is 2.60. The Labute approximate surface area is 110 Å². The Bertz CT molecular complexity index is 493. The van der Waals surface area contributed by atoms with Gasteiger partial charge >= 0.3 is 5.97 Å². The van der Waals surface area contributed by atoms with E-state index in [0.29, 0.717) is 0 Å². The summed E-state index contributed by atoms with van der Waals surface area (Å²) < 4.78 is 4.79. The van der Waals surface area contributed by atoms with Gasteiger partial charge in [0.05, 0.1) is 7.11 Å². The number of carbonyl (C=O) groups is 1. The molecule has 1 aromatic heterocycles. The maximum absolute atomic E-state index is 11.9. The van der Waals surface area contributed by atoms with Crippen LogP contribution in [0.2, 0.25) is 0 Å². The van der Waals surface area contributed by atoms with Crippen molar-refractivity contribution in [2.45, 2.75) is 12.0 Å². The molecule has 0 aliphatic rings. The maximum Gasteiger partial charge on any atom is 0.316 e. The smallest absolute Gasteiger partial charge is 0.316 e. The minimum absolute atomic E-state index is 0.429. The first-order valence-electron chi connectivity index (χ1n) is 5.58. The molecule has 0 fully saturated rings. The molecule has 0 aliphatic heterocycles. The highest BCUT2D eigenvalue weighted by molar-refractivity contribution is 7.10. The van der Waals surface area contributed by atoms with Crippen LogP contribution < -0.4 is 0 Å². The van der Waals surface area contributed by atoms with Gasteiger partial charge in [-0.3, -0.25) is 4.79 Å². The molecular weight excluding hydrogens is 248 g/mol. The van der Waals surface area contributed by atoms with Crippen molar-refractivity contribution in [2.75, 3.05) is 7.11 Å². The fourth-order valence-corrected chi connectivity index (χ4v) is 2.61. The zero-order valence-electron chi connectivity index (χ0n) is 9.95. The lowest BCUT2D eigenvalue weighted by Crippen LogP contribution is -2.21. The van der Waals surface area contributed by atoms with E-state index in [1.807, 2.05) is 47.8 Å². The van der Waals surface area contributed by atoms with Crippen molar-refractivity contribution in [3.05, 3.63) is 58.3 Å². The standard InChI is InChI=1S/C14H14O3S/c1-17-14(16)12(10-6-3-2-4-7-10)13(15)11-8-5-9-18-11/h2-9,12-13,15H,1H3. The molecule has 0 bridgehead atoms. The number of thiophene rings is 1. The number of hydrogen-bond donors (Lipinski definition) is 1. The molecule has 1 N–H and O–H groups in total. The van der Waals surface area contributed by atoms with Crippen LogP contribution in [-0.2, 0) is 9.53 Å². The summed E-state index contributed by atoms with van der Waals surface area (Å²) in [6.07, 6.45) is -0.875. The summed E-state index contributed by atoms with van der Waals surface area (Å²) in [5, 5.41) is 12.2. The van der Waals surface area contributed by atoms with Crippen molar-refractivity contribution in [2.24, 2.45) is 0 Å². The Morgan fingerprint density at radius 3 is 2.50 bits per heavy atom. The molecule has 3 nitrogen and oxygen atoms in total. The predicted molar refractivity (Wildman–Crippen MR) is 70.5 cm³/mol. The van der Waals surface area contributed by atoms with Crippen LogP contribution in [0.3, 0.4) is 0 Å². The number of ether oxygens (including phenoxy) is 1. The van der Waals surface area contributed by atoms with Crippen molar-refractivity contribution in [3.63, 3.8) is 0 Å². The third-order valence-electron chi connectivity index (χ3n) is 2.76. The minimum atomic E-state index is -0.875. The van der Waals surface area contributed by atoms with Crippen LogP contribution in [0, 0.1) is 0 Å². The second-order valence-corrected chi connectivity index (χ2v) is 4.85. The zero-order chi connectivity index (χ0) is 13.0. The molecule has 4 heteroatoms. The van der Waals surface area contributed by atoms with Gasteiger partial charge in [-0.05, 0) is 17.0 Å². The van der Waals surface area contributed by atoms with Crippen LogP contribution in [0.15, 0.2) is 47.8 Å². The van der Waals surface area contributed by atoms with E-state index in [2.05, 4.69) is 0 Å². The quantitative estimate of drug-likeness (QED) is 0.862. The van der Waals surface area contributed by atoms with Crippen molar-refractivity contribution in [1.29, 1.82) is 0 Å². The van der Waals surface area contributed by atoms with Gasteiger partial charge in [0.2, 0.25) is 0 Å². The lowest BCUT2D eigenvalue weighted by molar-refractivity contribution is -0.145. The average molecular weight is 262 g/mol. The molecule has 0 aliphatic carbocycles. The van der Waals surface area contributed by atoms with Gasteiger partial charge in [0.25, 0.3) is 0 Å². The molecule has 1 aromatic carbocycles. The Balaban J connectivity index is 2.35. The lowest BCUT2D eigenvalue weighted by atomic mass is 9.92. The molecule has 2 rings (SSSR count).